The number of para-hydroxylation sites is 1. The van der Waals surface area contributed by atoms with Crippen molar-refractivity contribution in [2.24, 2.45) is 0 Å². The number of benzene rings is 2. The number of amides is 4. The highest BCUT2D eigenvalue weighted by Crippen LogP contribution is 2.26. The predicted octanol–water partition coefficient (Wildman–Crippen LogP) is 3.21. The molecular formula is C22H23ClN4O3. The second kappa shape index (κ2) is 8.85. The molecule has 0 saturated carbocycles. The molecule has 0 bridgehead atoms. The van der Waals surface area contributed by atoms with Crippen LogP contribution in [0.5, 0.6) is 0 Å². The Balaban J connectivity index is 1.29. The van der Waals surface area contributed by atoms with Crippen molar-refractivity contribution in [2.45, 2.75) is 18.9 Å². The predicted molar refractivity (Wildman–Crippen MR) is 116 cm³/mol. The highest BCUT2D eigenvalue weighted by Gasteiger charge is 2.41. The molecule has 30 heavy (non-hydrogen) atoms. The molecule has 2 fully saturated rings. The van der Waals surface area contributed by atoms with Gasteiger partial charge in [-0.1, -0.05) is 29.8 Å². The number of piperidine rings is 1. The van der Waals surface area contributed by atoms with Crippen molar-refractivity contribution in [3.05, 3.63) is 59.6 Å². The van der Waals surface area contributed by atoms with Crippen LogP contribution >= 0.6 is 11.6 Å². The van der Waals surface area contributed by atoms with Gasteiger partial charge in [0.05, 0.1) is 12.2 Å². The molecule has 4 rings (SSSR count). The van der Waals surface area contributed by atoms with Crippen LogP contribution in [-0.2, 0) is 9.59 Å². The van der Waals surface area contributed by atoms with Gasteiger partial charge in [-0.3, -0.25) is 14.5 Å². The molecule has 1 N–H and O–H groups in total. The molecule has 0 unspecified atom stereocenters. The summed E-state index contributed by atoms with van der Waals surface area (Å²) in [6.07, 6.45) is 1.46. The third kappa shape index (κ3) is 4.47. The summed E-state index contributed by atoms with van der Waals surface area (Å²) in [6.45, 7) is 1.79. The van der Waals surface area contributed by atoms with Gasteiger partial charge in [0.25, 0.3) is 5.91 Å². The molecule has 2 saturated heterocycles. The summed E-state index contributed by atoms with van der Waals surface area (Å²) in [7, 11) is 0. The highest BCUT2D eigenvalue weighted by molar-refractivity contribution is 6.30. The number of carbonyl (C=O) groups excluding carboxylic acids is 3. The number of urea groups is 1. The van der Waals surface area contributed by atoms with E-state index in [1.807, 2.05) is 18.2 Å². The molecule has 2 heterocycles. The van der Waals surface area contributed by atoms with Crippen LogP contribution in [0.1, 0.15) is 12.8 Å². The number of nitrogens with one attached hydrogen (secondary N) is 1. The van der Waals surface area contributed by atoms with Crippen LogP contribution in [0.25, 0.3) is 0 Å². The van der Waals surface area contributed by atoms with Crippen LogP contribution in [0.2, 0.25) is 5.02 Å². The molecule has 2 aromatic carbocycles. The van der Waals surface area contributed by atoms with E-state index in [4.69, 9.17) is 11.6 Å². The van der Waals surface area contributed by atoms with E-state index in [0.29, 0.717) is 36.0 Å². The smallest absolute Gasteiger partial charge is 0.325 e. The van der Waals surface area contributed by atoms with E-state index in [1.54, 1.807) is 41.3 Å². The van der Waals surface area contributed by atoms with E-state index >= 15 is 0 Å². The number of rotatable bonds is 5. The van der Waals surface area contributed by atoms with Gasteiger partial charge in [0.1, 0.15) is 6.54 Å². The number of hydrogen-bond donors (Lipinski definition) is 1. The second-order valence-corrected chi connectivity index (χ2v) is 7.97. The Hall–Kier alpha value is -2.90. The van der Waals surface area contributed by atoms with Crippen LogP contribution in [0, 0.1) is 0 Å². The number of hydrogen-bond acceptors (Lipinski definition) is 4. The lowest BCUT2D eigenvalue weighted by molar-refractivity contribution is -0.117. The Labute approximate surface area is 180 Å². The van der Waals surface area contributed by atoms with Gasteiger partial charge in [-0.25, -0.2) is 9.69 Å². The molecule has 0 spiro atoms. The Morgan fingerprint density at radius 1 is 1.00 bits per heavy atom. The molecule has 2 aliphatic heterocycles. The second-order valence-electron chi connectivity index (χ2n) is 7.54. The van der Waals surface area contributed by atoms with Gasteiger partial charge in [0.15, 0.2) is 0 Å². The van der Waals surface area contributed by atoms with Crippen molar-refractivity contribution < 1.29 is 14.4 Å². The molecule has 0 atom stereocenters. The van der Waals surface area contributed by atoms with E-state index in [2.05, 4.69) is 10.2 Å². The molecule has 8 heteroatoms. The summed E-state index contributed by atoms with van der Waals surface area (Å²) in [5.41, 5.74) is 1.31. The first-order chi connectivity index (χ1) is 14.5. The first-order valence-electron chi connectivity index (χ1n) is 9.97. The normalized spacial score (nSPS) is 18.2. The third-order valence-corrected chi connectivity index (χ3v) is 5.75. The number of likely N-dealkylation sites (tertiary alicyclic amines) is 1. The zero-order chi connectivity index (χ0) is 21.1. The monoisotopic (exact) mass is 426 g/mol. The first-order valence-corrected chi connectivity index (χ1v) is 10.4. The lowest BCUT2D eigenvalue weighted by Crippen LogP contribution is -2.48. The van der Waals surface area contributed by atoms with Gasteiger partial charge in [0, 0.05) is 29.8 Å². The minimum absolute atomic E-state index is 0.00531. The SMILES string of the molecule is O=C(CN1CCC(N2CC(=O)N(c3ccccc3)C2=O)CC1)Nc1ccc(Cl)cc1. The summed E-state index contributed by atoms with van der Waals surface area (Å²) in [5.74, 6) is -0.283. The summed E-state index contributed by atoms with van der Waals surface area (Å²) in [4.78, 5) is 42.6. The zero-order valence-corrected chi connectivity index (χ0v) is 17.2. The molecule has 0 radical (unpaired) electrons. The molecule has 2 aromatic rings. The quantitative estimate of drug-likeness (QED) is 0.745. The van der Waals surface area contributed by atoms with Gasteiger partial charge in [-0.2, -0.15) is 0 Å². The Bertz CT molecular complexity index is 927. The van der Waals surface area contributed by atoms with Crippen molar-refractivity contribution >= 4 is 40.8 Å². The molecule has 0 aromatic heterocycles. The van der Waals surface area contributed by atoms with E-state index < -0.39 is 0 Å². The maximum atomic E-state index is 12.8. The van der Waals surface area contributed by atoms with E-state index in [0.717, 1.165) is 12.8 Å². The van der Waals surface area contributed by atoms with Crippen molar-refractivity contribution in [3.63, 3.8) is 0 Å². The number of carbonyl (C=O) groups is 3. The van der Waals surface area contributed by atoms with Gasteiger partial charge in [-0.05, 0) is 49.2 Å². The molecule has 4 amide bonds. The average molecular weight is 427 g/mol. The third-order valence-electron chi connectivity index (χ3n) is 5.50. The van der Waals surface area contributed by atoms with Crippen LogP contribution in [0.3, 0.4) is 0 Å². The summed E-state index contributed by atoms with van der Waals surface area (Å²) < 4.78 is 0. The van der Waals surface area contributed by atoms with Gasteiger partial charge in [0.2, 0.25) is 5.91 Å². The number of halogens is 1. The molecule has 7 nitrogen and oxygen atoms in total. The van der Waals surface area contributed by atoms with Crippen molar-refractivity contribution in [2.75, 3.05) is 36.4 Å². The Morgan fingerprint density at radius 2 is 1.67 bits per heavy atom. The largest absolute Gasteiger partial charge is 0.332 e. The fourth-order valence-corrected chi connectivity index (χ4v) is 4.09. The van der Waals surface area contributed by atoms with Crippen molar-refractivity contribution in [1.82, 2.24) is 9.80 Å². The van der Waals surface area contributed by atoms with Gasteiger partial charge < -0.3 is 10.2 Å². The summed E-state index contributed by atoms with van der Waals surface area (Å²) in [6, 6.07) is 15.7. The number of nitrogens with zero attached hydrogens (tertiary/aromatic N) is 3. The zero-order valence-electron chi connectivity index (χ0n) is 16.5. The average Bonchev–Trinajstić information content (AvgIpc) is 3.05. The van der Waals surface area contributed by atoms with Gasteiger partial charge in [-0.15, -0.1) is 0 Å². The number of anilines is 2. The van der Waals surface area contributed by atoms with Crippen molar-refractivity contribution in [1.29, 1.82) is 0 Å². The maximum Gasteiger partial charge on any atom is 0.332 e. The van der Waals surface area contributed by atoms with Crippen molar-refractivity contribution in [3.8, 4) is 0 Å². The standard InChI is InChI=1S/C22H23ClN4O3/c23-16-6-8-17(9-7-16)24-20(28)14-25-12-10-18(11-13-25)26-15-21(29)27(22(26)30)19-4-2-1-3-5-19/h1-9,18H,10-15H2,(H,24,28). The fraction of sp³-hybridized carbons (Fsp3) is 0.318. The molecular weight excluding hydrogens is 404 g/mol. The Kier molecular flexibility index (Phi) is 6.01. The van der Waals surface area contributed by atoms with E-state index in [9.17, 15) is 14.4 Å². The summed E-state index contributed by atoms with van der Waals surface area (Å²) in [5, 5.41) is 3.49. The lowest BCUT2D eigenvalue weighted by Gasteiger charge is -2.35. The maximum absolute atomic E-state index is 12.8. The highest BCUT2D eigenvalue weighted by atomic mass is 35.5. The van der Waals surface area contributed by atoms with Crippen LogP contribution in [0.4, 0.5) is 16.2 Å². The van der Waals surface area contributed by atoms with Gasteiger partial charge >= 0.3 is 6.03 Å². The lowest BCUT2D eigenvalue weighted by atomic mass is 10.0. The molecule has 0 aliphatic carbocycles. The van der Waals surface area contributed by atoms with E-state index in [-0.39, 0.29) is 30.4 Å². The minimum Gasteiger partial charge on any atom is -0.325 e. The fourth-order valence-electron chi connectivity index (χ4n) is 3.96. The minimum atomic E-state index is -0.259. The molecule has 2 aliphatic rings. The van der Waals surface area contributed by atoms with E-state index in [1.165, 1.54) is 4.90 Å². The topological polar surface area (TPSA) is 73.0 Å². The first kappa shape index (κ1) is 20.4. The Morgan fingerprint density at radius 3 is 2.33 bits per heavy atom. The van der Waals surface area contributed by atoms with Crippen LogP contribution < -0.4 is 10.2 Å². The summed E-state index contributed by atoms with van der Waals surface area (Å²) >= 11 is 5.86. The molecule has 156 valence electrons. The number of imide groups is 1. The van der Waals surface area contributed by atoms with Crippen LogP contribution in [-0.4, -0.2) is 59.9 Å². The van der Waals surface area contributed by atoms with Crippen LogP contribution in [0.15, 0.2) is 54.6 Å².